The number of nitrogens with zero attached hydrogens (tertiary/aromatic N) is 1. The summed E-state index contributed by atoms with van der Waals surface area (Å²) >= 11 is 0. The molecule has 0 N–H and O–H groups in total. The van der Waals surface area contributed by atoms with E-state index in [0.717, 1.165) is 24.3 Å². The van der Waals surface area contributed by atoms with E-state index in [4.69, 9.17) is 4.74 Å². The molecule has 1 aliphatic heterocycles. The lowest BCUT2D eigenvalue weighted by molar-refractivity contribution is 0.0207. The van der Waals surface area contributed by atoms with Crippen molar-refractivity contribution in [1.82, 2.24) is 4.90 Å². The molecule has 2 saturated carbocycles. The number of rotatable bonds is 6. The van der Waals surface area contributed by atoms with Crippen LogP contribution in [0.15, 0.2) is 60.7 Å². The minimum absolute atomic E-state index is 0.117. The molecule has 0 unspecified atom stereocenters. The Morgan fingerprint density at radius 2 is 1.23 bits per heavy atom. The van der Waals surface area contributed by atoms with Crippen molar-refractivity contribution in [2.24, 2.45) is 0 Å². The first-order valence-corrected chi connectivity index (χ1v) is 18.3. The lowest BCUT2D eigenvalue weighted by Gasteiger charge is -2.43. The monoisotopic (exact) mass is 565 g/mol. The molecule has 1 saturated heterocycles. The fourth-order valence-electron chi connectivity index (χ4n) is 7.54. The number of hydrogen-bond acceptors (Lipinski definition) is 2. The summed E-state index contributed by atoms with van der Waals surface area (Å²) in [6, 6.07) is 22.0. The first-order chi connectivity index (χ1) is 18.8. The topological polar surface area (TPSA) is 29.5 Å². The van der Waals surface area contributed by atoms with E-state index in [1.165, 1.54) is 74.8 Å². The Morgan fingerprint density at radius 1 is 0.769 bits per heavy atom. The van der Waals surface area contributed by atoms with Gasteiger partial charge in [0.15, 0.2) is 0 Å². The average molecular weight is 566 g/mol. The van der Waals surface area contributed by atoms with Gasteiger partial charge < -0.3 is 4.74 Å². The fourth-order valence-corrected chi connectivity index (χ4v) is 15.5. The van der Waals surface area contributed by atoms with Gasteiger partial charge in [-0.1, -0.05) is 107 Å². The Kier molecular flexibility index (Phi) is 9.40. The van der Waals surface area contributed by atoms with Gasteiger partial charge in [0.1, 0.15) is 5.60 Å². The molecule has 0 bridgehead atoms. The maximum Gasteiger partial charge on any atom is 0.411 e. The number of carbonyl (C=O) groups is 1. The van der Waals surface area contributed by atoms with E-state index in [1.54, 1.807) is 0 Å². The molecule has 0 aromatic heterocycles. The summed E-state index contributed by atoms with van der Waals surface area (Å²) in [6.45, 7) is 9.28. The maximum absolute atomic E-state index is 14.1. The van der Waals surface area contributed by atoms with Gasteiger partial charge in [0.25, 0.3) is 0 Å². The summed E-state index contributed by atoms with van der Waals surface area (Å²) in [7, 11) is -0.941. The van der Waals surface area contributed by atoms with E-state index in [9.17, 15) is 4.79 Å². The molecule has 39 heavy (non-hydrogen) atoms. The van der Waals surface area contributed by atoms with Gasteiger partial charge in [0.2, 0.25) is 0 Å². The maximum atomic E-state index is 14.1. The molecule has 2 atom stereocenters. The number of ether oxygens (including phenoxy) is 1. The van der Waals surface area contributed by atoms with Crippen LogP contribution >= 0.6 is 15.8 Å². The van der Waals surface area contributed by atoms with E-state index in [1.807, 2.05) is 20.8 Å². The smallest absolute Gasteiger partial charge is 0.411 e. The molecule has 2 aromatic rings. The zero-order valence-electron chi connectivity index (χ0n) is 24.6. The Hall–Kier alpha value is -1.43. The predicted molar refractivity (Wildman–Crippen MR) is 169 cm³/mol. The van der Waals surface area contributed by atoms with Crippen LogP contribution in [-0.4, -0.2) is 45.4 Å². The Morgan fingerprint density at radius 3 is 1.67 bits per heavy atom. The highest BCUT2D eigenvalue weighted by atomic mass is 31.1. The molecule has 1 heterocycles. The van der Waals surface area contributed by atoms with Gasteiger partial charge in [0.05, 0.1) is 5.28 Å². The lowest BCUT2D eigenvalue weighted by Crippen LogP contribution is -2.49. The van der Waals surface area contributed by atoms with Gasteiger partial charge in [0, 0.05) is 12.2 Å². The van der Waals surface area contributed by atoms with Crippen molar-refractivity contribution in [2.45, 2.75) is 126 Å². The normalized spacial score (nSPS) is 25.4. The molecule has 5 rings (SSSR count). The summed E-state index contributed by atoms with van der Waals surface area (Å²) < 4.78 is 6.16. The van der Waals surface area contributed by atoms with Crippen LogP contribution in [-0.2, 0) is 4.74 Å². The molecule has 0 spiro atoms. The number of amides is 1. The fraction of sp³-hybridized carbons (Fsp3) is 0.618. The first-order valence-electron chi connectivity index (χ1n) is 15.4. The predicted octanol–water partition coefficient (Wildman–Crippen LogP) is 8.99. The van der Waals surface area contributed by atoms with Crippen molar-refractivity contribution in [1.29, 1.82) is 0 Å². The number of likely N-dealkylation sites (tertiary alicyclic amines) is 1. The second kappa shape index (κ2) is 12.6. The molecule has 5 heteroatoms. The molecule has 3 nitrogen and oxygen atoms in total. The molecule has 2 aliphatic carbocycles. The van der Waals surface area contributed by atoms with Crippen LogP contribution in [0.5, 0.6) is 0 Å². The van der Waals surface area contributed by atoms with E-state index >= 15 is 0 Å². The minimum atomic E-state index is -0.798. The van der Waals surface area contributed by atoms with Crippen molar-refractivity contribution in [3.8, 4) is 0 Å². The second-order valence-electron chi connectivity index (χ2n) is 13.2. The lowest BCUT2D eigenvalue weighted by atomic mass is 9.99. The van der Waals surface area contributed by atoms with Crippen molar-refractivity contribution in [3.05, 3.63) is 60.7 Å². The molecular formula is C34H49NO2P2. The minimum Gasteiger partial charge on any atom is -0.444 e. The van der Waals surface area contributed by atoms with Gasteiger partial charge in [-0.25, -0.2) is 4.79 Å². The number of hydrogen-bond donors (Lipinski definition) is 0. The highest BCUT2D eigenvalue weighted by molar-refractivity contribution is 7.74. The van der Waals surface area contributed by atoms with Crippen LogP contribution in [0, 0.1) is 0 Å². The summed E-state index contributed by atoms with van der Waals surface area (Å²) in [5.74, 6) is 0. The van der Waals surface area contributed by atoms with Crippen LogP contribution in [0.1, 0.15) is 98.3 Å². The van der Waals surface area contributed by atoms with Crippen molar-refractivity contribution in [2.75, 3.05) is 6.54 Å². The summed E-state index contributed by atoms with van der Waals surface area (Å²) in [5, 5.41) is 2.43. The van der Waals surface area contributed by atoms with Crippen LogP contribution in [0.4, 0.5) is 4.79 Å². The Bertz CT molecular complexity index is 1000. The molecule has 3 fully saturated rings. The van der Waals surface area contributed by atoms with Crippen molar-refractivity contribution >= 4 is 32.5 Å². The Labute approximate surface area is 240 Å². The quantitative estimate of drug-likeness (QED) is 0.327. The van der Waals surface area contributed by atoms with Crippen molar-refractivity contribution < 1.29 is 9.53 Å². The standard InChI is InChI=1S/C34H49NO2P2/c1-33(2,3)37-32(36)35-26-31(38(27-17-9-5-10-18-27)28-19-11-6-12-20-28)25-34(35,4)39(29-21-13-7-14-22-29)30-23-15-8-16-24-30/h7-8,13-16,21-24,27-28,31H,5-6,9-12,17-20,25-26H2,1-4H3/t31-,34-/m0/s1. The average Bonchev–Trinajstić information content (AvgIpc) is 3.28. The molecule has 212 valence electrons. The molecule has 3 aliphatic rings. The number of carbonyl (C=O) groups excluding carboxylic acids is 1. The van der Waals surface area contributed by atoms with Gasteiger partial charge >= 0.3 is 6.09 Å². The molecule has 2 aromatic carbocycles. The second-order valence-corrected chi connectivity index (χ2v) is 19.0. The van der Waals surface area contributed by atoms with Gasteiger partial charge in [-0.05, 0) is 89.6 Å². The third-order valence-corrected chi connectivity index (χ3v) is 16.1. The highest BCUT2D eigenvalue weighted by Gasteiger charge is 2.54. The van der Waals surface area contributed by atoms with Crippen LogP contribution in [0.25, 0.3) is 0 Å². The van der Waals surface area contributed by atoms with Crippen molar-refractivity contribution in [3.63, 3.8) is 0 Å². The zero-order valence-corrected chi connectivity index (χ0v) is 26.4. The molecule has 1 amide bonds. The van der Waals surface area contributed by atoms with E-state index < -0.39 is 13.5 Å². The highest BCUT2D eigenvalue weighted by Crippen LogP contribution is 2.66. The molecule has 0 radical (unpaired) electrons. The van der Waals surface area contributed by atoms with Gasteiger partial charge in [-0.15, -0.1) is 0 Å². The number of benzene rings is 2. The molecular weight excluding hydrogens is 516 g/mol. The largest absolute Gasteiger partial charge is 0.444 e. The van der Waals surface area contributed by atoms with Crippen LogP contribution < -0.4 is 10.6 Å². The summed E-state index contributed by atoms with van der Waals surface area (Å²) in [4.78, 5) is 16.3. The summed E-state index contributed by atoms with van der Waals surface area (Å²) in [5.41, 5.74) is 1.85. The van der Waals surface area contributed by atoms with Gasteiger partial charge in [-0.3, -0.25) is 4.90 Å². The van der Waals surface area contributed by atoms with Crippen LogP contribution in [0.3, 0.4) is 0 Å². The van der Waals surface area contributed by atoms with Gasteiger partial charge in [-0.2, -0.15) is 0 Å². The first kappa shape index (κ1) is 29.1. The Balaban J connectivity index is 1.57. The van der Waals surface area contributed by atoms with Crippen LogP contribution in [0.2, 0.25) is 0 Å². The third-order valence-electron chi connectivity index (χ3n) is 9.14. The SMILES string of the molecule is CC(C)(C)OC(=O)N1C[C@@H](P(C2CCCCC2)C2CCCCC2)C[C@]1(C)P(c1ccccc1)c1ccccc1. The van der Waals surface area contributed by atoms with E-state index in [-0.39, 0.29) is 19.3 Å². The third kappa shape index (κ3) is 6.73. The van der Waals surface area contributed by atoms with E-state index in [0.29, 0.717) is 5.66 Å². The summed E-state index contributed by atoms with van der Waals surface area (Å²) in [6.07, 6.45) is 15.0. The zero-order chi connectivity index (χ0) is 27.5. The van der Waals surface area contributed by atoms with E-state index in [2.05, 4.69) is 72.5 Å².